The lowest BCUT2D eigenvalue weighted by Crippen LogP contribution is -2.39. The minimum absolute atomic E-state index is 0.0343. The van der Waals surface area contributed by atoms with Crippen molar-refractivity contribution in [2.24, 2.45) is 5.92 Å². The van der Waals surface area contributed by atoms with Crippen molar-refractivity contribution in [1.29, 1.82) is 0 Å². The van der Waals surface area contributed by atoms with E-state index in [1.54, 1.807) is 10.7 Å². The molecule has 0 spiro atoms. The van der Waals surface area contributed by atoms with Gasteiger partial charge in [-0.25, -0.2) is 0 Å². The van der Waals surface area contributed by atoms with Gasteiger partial charge in [-0.3, -0.25) is 14.3 Å². The standard InChI is InChI=1S/C19H21F3N4O2/c1-12(27)23-10-13-7-8-26-16(9-13)15(11-24-26)18(28)25-17(19(20,21)22)14-5-3-2-4-6-14/h2-6,11,13,17H,7-10H2,1H3,(H,23,27)(H,25,28)/t13-,17-/m1/s1. The Morgan fingerprint density at radius 3 is 2.64 bits per heavy atom. The van der Waals surface area contributed by atoms with Crippen molar-refractivity contribution < 1.29 is 22.8 Å². The van der Waals surface area contributed by atoms with Crippen LogP contribution in [-0.4, -0.2) is 34.3 Å². The lowest BCUT2D eigenvalue weighted by molar-refractivity contribution is -0.155. The Morgan fingerprint density at radius 1 is 1.29 bits per heavy atom. The number of carbonyl (C=O) groups is 2. The first-order valence-electron chi connectivity index (χ1n) is 8.97. The van der Waals surface area contributed by atoms with Crippen LogP contribution >= 0.6 is 0 Å². The average Bonchev–Trinajstić information content (AvgIpc) is 3.07. The van der Waals surface area contributed by atoms with Crippen molar-refractivity contribution >= 4 is 11.8 Å². The summed E-state index contributed by atoms with van der Waals surface area (Å²) in [7, 11) is 0. The number of aromatic nitrogens is 2. The number of halogens is 3. The number of nitrogens with one attached hydrogen (secondary N) is 2. The Balaban J connectivity index is 1.78. The molecule has 0 bridgehead atoms. The monoisotopic (exact) mass is 394 g/mol. The number of rotatable bonds is 5. The zero-order valence-electron chi connectivity index (χ0n) is 15.3. The zero-order chi connectivity index (χ0) is 20.3. The third-order valence-corrected chi connectivity index (χ3v) is 4.80. The SMILES string of the molecule is CC(=O)NC[C@@H]1CCn2ncc(C(=O)N[C@H](c3ccccc3)C(F)(F)F)c2C1. The molecule has 3 rings (SSSR count). The van der Waals surface area contributed by atoms with Gasteiger partial charge in [0.2, 0.25) is 5.91 Å². The van der Waals surface area contributed by atoms with Crippen molar-refractivity contribution in [3.63, 3.8) is 0 Å². The van der Waals surface area contributed by atoms with Gasteiger partial charge in [0.1, 0.15) is 0 Å². The van der Waals surface area contributed by atoms with Crippen molar-refractivity contribution in [1.82, 2.24) is 20.4 Å². The molecule has 2 atom stereocenters. The molecule has 0 unspecified atom stereocenters. The molecular formula is C19H21F3N4O2. The third kappa shape index (κ3) is 4.52. The first kappa shape index (κ1) is 19.9. The molecule has 9 heteroatoms. The van der Waals surface area contributed by atoms with Crippen LogP contribution in [0.1, 0.15) is 41.0 Å². The number of fused-ring (bicyclic) bond motifs is 1. The van der Waals surface area contributed by atoms with Gasteiger partial charge in [-0.2, -0.15) is 18.3 Å². The van der Waals surface area contributed by atoms with Gasteiger partial charge in [0.15, 0.2) is 6.04 Å². The van der Waals surface area contributed by atoms with Gasteiger partial charge >= 0.3 is 6.18 Å². The average molecular weight is 394 g/mol. The second-order valence-electron chi connectivity index (χ2n) is 6.88. The van der Waals surface area contributed by atoms with Crippen LogP contribution < -0.4 is 10.6 Å². The number of nitrogens with zero attached hydrogens (tertiary/aromatic N) is 2. The largest absolute Gasteiger partial charge is 0.412 e. The summed E-state index contributed by atoms with van der Waals surface area (Å²) in [4.78, 5) is 23.8. The summed E-state index contributed by atoms with van der Waals surface area (Å²) in [5.41, 5.74) is 0.693. The van der Waals surface area contributed by atoms with Crippen LogP contribution in [-0.2, 0) is 17.8 Å². The number of hydrogen-bond donors (Lipinski definition) is 2. The summed E-state index contributed by atoms with van der Waals surface area (Å²) < 4.78 is 42.2. The lowest BCUT2D eigenvalue weighted by Gasteiger charge is -2.25. The number of aryl methyl sites for hydroxylation is 1. The molecule has 2 heterocycles. The predicted octanol–water partition coefficient (Wildman–Crippen LogP) is 2.61. The summed E-state index contributed by atoms with van der Waals surface area (Å²) >= 11 is 0. The van der Waals surface area contributed by atoms with Gasteiger partial charge in [-0.15, -0.1) is 0 Å². The fraction of sp³-hybridized carbons (Fsp3) is 0.421. The van der Waals surface area contributed by atoms with Crippen LogP contribution in [0.15, 0.2) is 36.5 Å². The van der Waals surface area contributed by atoms with E-state index in [1.807, 2.05) is 0 Å². The molecule has 1 aliphatic rings. The van der Waals surface area contributed by atoms with E-state index < -0.39 is 18.1 Å². The van der Waals surface area contributed by atoms with E-state index in [9.17, 15) is 22.8 Å². The summed E-state index contributed by atoms with van der Waals surface area (Å²) in [6.45, 7) is 2.43. The van der Waals surface area contributed by atoms with Crippen molar-refractivity contribution in [3.8, 4) is 0 Å². The Bertz CT molecular complexity index is 849. The van der Waals surface area contributed by atoms with Crippen molar-refractivity contribution in [3.05, 3.63) is 53.3 Å². The maximum absolute atomic E-state index is 13.5. The van der Waals surface area contributed by atoms with Gasteiger partial charge in [0.25, 0.3) is 5.91 Å². The summed E-state index contributed by atoms with van der Waals surface area (Å²) in [6.07, 6.45) is -2.08. The van der Waals surface area contributed by atoms with Gasteiger partial charge < -0.3 is 10.6 Å². The Kier molecular flexibility index (Phi) is 5.71. The molecule has 0 saturated heterocycles. The lowest BCUT2D eigenvalue weighted by atomic mass is 9.94. The number of amides is 2. The molecule has 6 nitrogen and oxygen atoms in total. The molecule has 1 aromatic heterocycles. The molecule has 2 N–H and O–H groups in total. The Morgan fingerprint density at radius 2 is 2.00 bits per heavy atom. The van der Waals surface area contributed by atoms with Crippen LogP contribution in [0.25, 0.3) is 0 Å². The molecule has 0 aliphatic carbocycles. The Labute approximate surface area is 160 Å². The summed E-state index contributed by atoms with van der Waals surface area (Å²) in [5.74, 6) is -0.854. The first-order valence-corrected chi connectivity index (χ1v) is 8.97. The minimum Gasteiger partial charge on any atom is -0.356 e. The highest BCUT2D eigenvalue weighted by molar-refractivity contribution is 5.95. The molecule has 1 aliphatic heterocycles. The number of benzene rings is 1. The molecule has 2 aromatic rings. The molecule has 150 valence electrons. The van der Waals surface area contributed by atoms with Crippen LogP contribution in [0.2, 0.25) is 0 Å². The van der Waals surface area contributed by atoms with E-state index in [1.165, 1.54) is 37.4 Å². The molecule has 1 aromatic carbocycles. The van der Waals surface area contributed by atoms with E-state index in [2.05, 4.69) is 15.7 Å². The van der Waals surface area contributed by atoms with Gasteiger partial charge in [0, 0.05) is 20.0 Å². The highest BCUT2D eigenvalue weighted by atomic mass is 19.4. The predicted molar refractivity (Wildman–Crippen MR) is 95.4 cm³/mol. The van der Waals surface area contributed by atoms with E-state index in [0.29, 0.717) is 25.2 Å². The fourth-order valence-electron chi connectivity index (χ4n) is 3.36. The highest BCUT2D eigenvalue weighted by Gasteiger charge is 2.42. The van der Waals surface area contributed by atoms with Crippen LogP contribution in [0.3, 0.4) is 0 Å². The second kappa shape index (κ2) is 8.04. The zero-order valence-corrected chi connectivity index (χ0v) is 15.3. The molecule has 28 heavy (non-hydrogen) atoms. The summed E-state index contributed by atoms with van der Waals surface area (Å²) in [5, 5.41) is 8.98. The van der Waals surface area contributed by atoms with E-state index >= 15 is 0 Å². The van der Waals surface area contributed by atoms with Crippen LogP contribution in [0.4, 0.5) is 13.2 Å². The quantitative estimate of drug-likeness (QED) is 0.819. The van der Waals surface area contributed by atoms with E-state index in [4.69, 9.17) is 0 Å². The topological polar surface area (TPSA) is 76.0 Å². The van der Waals surface area contributed by atoms with Crippen LogP contribution in [0.5, 0.6) is 0 Å². The first-order chi connectivity index (χ1) is 13.3. The molecule has 0 fully saturated rings. The molecule has 0 saturated carbocycles. The van der Waals surface area contributed by atoms with Crippen molar-refractivity contribution in [2.45, 2.75) is 38.5 Å². The maximum Gasteiger partial charge on any atom is 0.412 e. The molecule has 2 amide bonds. The smallest absolute Gasteiger partial charge is 0.356 e. The van der Waals surface area contributed by atoms with Gasteiger partial charge in [-0.05, 0) is 24.3 Å². The van der Waals surface area contributed by atoms with Gasteiger partial charge in [0.05, 0.1) is 17.5 Å². The maximum atomic E-state index is 13.5. The van der Waals surface area contributed by atoms with Crippen molar-refractivity contribution in [2.75, 3.05) is 6.54 Å². The highest BCUT2D eigenvalue weighted by Crippen LogP contribution is 2.33. The molecular weight excluding hydrogens is 373 g/mol. The van der Waals surface area contributed by atoms with E-state index in [-0.39, 0.29) is 23.0 Å². The number of carbonyl (C=O) groups excluding carboxylic acids is 2. The fourth-order valence-corrected chi connectivity index (χ4v) is 3.36. The Hall–Kier alpha value is -2.84. The second-order valence-corrected chi connectivity index (χ2v) is 6.88. The third-order valence-electron chi connectivity index (χ3n) is 4.80. The van der Waals surface area contributed by atoms with E-state index in [0.717, 1.165) is 6.42 Å². The summed E-state index contributed by atoms with van der Waals surface area (Å²) in [6, 6.07) is 5.16. The minimum atomic E-state index is -4.63. The van der Waals surface area contributed by atoms with Gasteiger partial charge in [-0.1, -0.05) is 30.3 Å². The number of hydrogen-bond acceptors (Lipinski definition) is 3. The van der Waals surface area contributed by atoms with Crippen LogP contribution in [0, 0.1) is 5.92 Å². The normalized spacial score (nSPS) is 17.5. The molecule has 0 radical (unpaired) electrons. The number of alkyl halides is 3.